The molecular formula is C29H50O2. The predicted octanol–water partition coefficient (Wildman–Crippen LogP) is 7.90. The van der Waals surface area contributed by atoms with E-state index in [1.54, 1.807) is 6.92 Å². The molecule has 4 aliphatic rings. The van der Waals surface area contributed by atoms with E-state index in [0.29, 0.717) is 5.41 Å². The van der Waals surface area contributed by atoms with E-state index < -0.39 is 0 Å². The zero-order valence-corrected chi connectivity index (χ0v) is 21.4. The van der Waals surface area contributed by atoms with E-state index >= 15 is 0 Å². The fourth-order valence-electron chi connectivity index (χ4n) is 9.19. The van der Waals surface area contributed by atoms with Crippen LogP contribution in [0.5, 0.6) is 0 Å². The maximum Gasteiger partial charge on any atom is 0.302 e. The van der Waals surface area contributed by atoms with Crippen LogP contribution in [0.15, 0.2) is 0 Å². The molecule has 4 aliphatic carbocycles. The van der Waals surface area contributed by atoms with Crippen LogP contribution in [0.3, 0.4) is 0 Å². The third-order valence-corrected chi connectivity index (χ3v) is 11.2. The Morgan fingerprint density at radius 1 is 0.903 bits per heavy atom. The summed E-state index contributed by atoms with van der Waals surface area (Å²) in [6, 6.07) is 0. The molecule has 2 nitrogen and oxygen atoms in total. The van der Waals surface area contributed by atoms with Gasteiger partial charge in [-0.2, -0.15) is 0 Å². The molecule has 0 heterocycles. The summed E-state index contributed by atoms with van der Waals surface area (Å²) in [5, 5.41) is 0. The lowest BCUT2D eigenvalue weighted by molar-refractivity contribution is -0.152. The molecule has 0 radical (unpaired) electrons. The topological polar surface area (TPSA) is 26.3 Å². The Kier molecular flexibility index (Phi) is 7.15. The molecule has 4 fully saturated rings. The van der Waals surface area contributed by atoms with Crippen molar-refractivity contribution in [3.05, 3.63) is 0 Å². The molecule has 0 spiro atoms. The SMILES string of the molecule is CC(=O)O[C@H]1CCC2C(CCC3C2CCC2(C)C(C(C)CCC(C)C(C)C)CCC32)C1. The lowest BCUT2D eigenvalue weighted by atomic mass is 9.49. The van der Waals surface area contributed by atoms with Crippen molar-refractivity contribution in [2.24, 2.45) is 58.7 Å². The van der Waals surface area contributed by atoms with Gasteiger partial charge in [-0.1, -0.05) is 47.5 Å². The number of ether oxygens (including phenoxy) is 1. The Hall–Kier alpha value is -0.530. The summed E-state index contributed by atoms with van der Waals surface area (Å²) >= 11 is 0. The molecule has 0 bridgehead atoms. The smallest absolute Gasteiger partial charge is 0.302 e. The number of hydrogen-bond donors (Lipinski definition) is 0. The molecule has 0 aromatic heterocycles. The second kappa shape index (κ2) is 9.38. The van der Waals surface area contributed by atoms with E-state index in [-0.39, 0.29) is 12.1 Å². The van der Waals surface area contributed by atoms with Crippen molar-refractivity contribution < 1.29 is 9.53 Å². The van der Waals surface area contributed by atoms with Gasteiger partial charge in [-0.25, -0.2) is 0 Å². The van der Waals surface area contributed by atoms with Gasteiger partial charge in [0.2, 0.25) is 0 Å². The second-order valence-electron chi connectivity index (χ2n) is 13.0. The quantitative estimate of drug-likeness (QED) is 0.400. The summed E-state index contributed by atoms with van der Waals surface area (Å²) in [6.45, 7) is 14.1. The molecule has 4 rings (SSSR count). The van der Waals surface area contributed by atoms with Gasteiger partial charge in [0.25, 0.3) is 0 Å². The van der Waals surface area contributed by atoms with Gasteiger partial charge in [-0.3, -0.25) is 4.79 Å². The lowest BCUT2D eigenvalue weighted by Gasteiger charge is -2.56. The number of carbonyl (C=O) groups excluding carboxylic acids is 1. The first-order valence-electron chi connectivity index (χ1n) is 13.9. The number of fused-ring (bicyclic) bond motifs is 5. The highest BCUT2D eigenvalue weighted by Crippen LogP contribution is 2.65. The van der Waals surface area contributed by atoms with Crippen LogP contribution < -0.4 is 0 Å². The summed E-state index contributed by atoms with van der Waals surface area (Å²) in [5.74, 6) is 8.10. The molecule has 0 N–H and O–H groups in total. The Morgan fingerprint density at radius 2 is 1.65 bits per heavy atom. The van der Waals surface area contributed by atoms with Crippen molar-refractivity contribution in [3.8, 4) is 0 Å². The average Bonchev–Trinajstić information content (AvgIpc) is 3.08. The van der Waals surface area contributed by atoms with Crippen LogP contribution in [0.2, 0.25) is 0 Å². The molecule has 0 saturated heterocycles. The largest absolute Gasteiger partial charge is 0.463 e. The highest BCUT2D eigenvalue weighted by molar-refractivity contribution is 5.66. The van der Waals surface area contributed by atoms with Gasteiger partial charge in [0.1, 0.15) is 6.10 Å². The van der Waals surface area contributed by atoms with Crippen molar-refractivity contribution in [1.29, 1.82) is 0 Å². The van der Waals surface area contributed by atoms with E-state index in [4.69, 9.17) is 4.74 Å². The van der Waals surface area contributed by atoms with Gasteiger partial charge < -0.3 is 4.74 Å². The van der Waals surface area contributed by atoms with Crippen molar-refractivity contribution in [2.45, 2.75) is 118 Å². The van der Waals surface area contributed by atoms with Crippen LogP contribution in [-0.2, 0) is 9.53 Å². The zero-order chi connectivity index (χ0) is 22.3. The normalized spacial score (nSPS) is 44.2. The number of carbonyl (C=O) groups is 1. The van der Waals surface area contributed by atoms with E-state index in [9.17, 15) is 4.79 Å². The number of hydrogen-bond acceptors (Lipinski definition) is 2. The molecule has 0 aliphatic heterocycles. The fourth-order valence-corrected chi connectivity index (χ4v) is 9.19. The molecule has 9 unspecified atom stereocenters. The third kappa shape index (κ3) is 4.61. The Labute approximate surface area is 192 Å². The minimum atomic E-state index is -0.0838. The first-order valence-corrected chi connectivity index (χ1v) is 13.9. The van der Waals surface area contributed by atoms with Crippen molar-refractivity contribution in [1.82, 2.24) is 0 Å². The first-order chi connectivity index (χ1) is 14.7. The maximum absolute atomic E-state index is 11.4. The monoisotopic (exact) mass is 430 g/mol. The van der Waals surface area contributed by atoms with Crippen LogP contribution in [0.25, 0.3) is 0 Å². The Morgan fingerprint density at radius 3 is 2.35 bits per heavy atom. The molecule has 2 heteroatoms. The van der Waals surface area contributed by atoms with Crippen LogP contribution in [0.4, 0.5) is 0 Å². The van der Waals surface area contributed by atoms with Gasteiger partial charge in [0.05, 0.1) is 0 Å². The van der Waals surface area contributed by atoms with E-state index in [2.05, 4.69) is 34.6 Å². The van der Waals surface area contributed by atoms with Crippen molar-refractivity contribution in [3.63, 3.8) is 0 Å². The summed E-state index contributed by atoms with van der Waals surface area (Å²) in [4.78, 5) is 11.4. The maximum atomic E-state index is 11.4. The standard InChI is InChI=1S/C29H50O2/c1-18(2)19(3)7-8-20(4)27-13-14-28-26-11-9-22-17-23(31-21(5)30)10-12-24(22)25(26)15-16-29(27,28)6/h18-20,22-28H,7-17H2,1-6H3/t19?,20?,22?,23-,24?,25?,26?,27?,28?,29?/m0/s1. The number of esters is 1. The lowest BCUT2D eigenvalue weighted by Crippen LogP contribution is -2.49. The highest BCUT2D eigenvalue weighted by Gasteiger charge is 2.57. The van der Waals surface area contributed by atoms with Crippen LogP contribution >= 0.6 is 0 Å². The average molecular weight is 431 g/mol. The molecule has 0 amide bonds. The van der Waals surface area contributed by atoms with E-state index in [1.807, 2.05) is 0 Å². The molecule has 178 valence electrons. The zero-order valence-electron chi connectivity index (χ0n) is 21.4. The Balaban J connectivity index is 1.39. The first kappa shape index (κ1) is 23.6. The molecule has 10 atom stereocenters. The Bertz CT molecular complexity index is 626. The molecule has 31 heavy (non-hydrogen) atoms. The van der Waals surface area contributed by atoms with Gasteiger partial charge in [-0.05, 0) is 116 Å². The molecular weight excluding hydrogens is 380 g/mol. The van der Waals surface area contributed by atoms with Crippen molar-refractivity contribution in [2.75, 3.05) is 0 Å². The summed E-state index contributed by atoms with van der Waals surface area (Å²) in [6.07, 6.45) is 15.4. The molecule has 0 aromatic rings. The van der Waals surface area contributed by atoms with Crippen LogP contribution in [-0.4, -0.2) is 12.1 Å². The van der Waals surface area contributed by atoms with Gasteiger partial charge in [0, 0.05) is 6.92 Å². The van der Waals surface area contributed by atoms with E-state index in [1.165, 1.54) is 57.8 Å². The molecule has 4 saturated carbocycles. The van der Waals surface area contributed by atoms with E-state index in [0.717, 1.165) is 66.1 Å². The van der Waals surface area contributed by atoms with Gasteiger partial charge in [0.15, 0.2) is 0 Å². The van der Waals surface area contributed by atoms with Crippen molar-refractivity contribution >= 4 is 5.97 Å². The summed E-state index contributed by atoms with van der Waals surface area (Å²) in [7, 11) is 0. The van der Waals surface area contributed by atoms with Gasteiger partial charge >= 0.3 is 5.97 Å². The predicted molar refractivity (Wildman–Crippen MR) is 129 cm³/mol. The van der Waals surface area contributed by atoms with Crippen LogP contribution in [0.1, 0.15) is 112 Å². The second-order valence-corrected chi connectivity index (χ2v) is 13.0. The summed E-state index contributed by atoms with van der Waals surface area (Å²) in [5.41, 5.74) is 0.601. The number of rotatable bonds is 6. The highest BCUT2D eigenvalue weighted by atomic mass is 16.5. The third-order valence-electron chi connectivity index (χ3n) is 11.2. The minimum Gasteiger partial charge on any atom is -0.463 e. The minimum absolute atomic E-state index is 0.0838. The summed E-state index contributed by atoms with van der Waals surface area (Å²) < 4.78 is 5.62. The fraction of sp³-hybridized carbons (Fsp3) is 0.966. The van der Waals surface area contributed by atoms with Crippen LogP contribution in [0, 0.1) is 58.7 Å². The molecule has 0 aromatic carbocycles. The van der Waals surface area contributed by atoms with Gasteiger partial charge in [-0.15, -0.1) is 0 Å².